The van der Waals surface area contributed by atoms with Crippen LogP contribution in [0.3, 0.4) is 0 Å². The summed E-state index contributed by atoms with van der Waals surface area (Å²) in [5.41, 5.74) is 1.44. The lowest BCUT2D eigenvalue weighted by molar-refractivity contribution is -0.120. The lowest BCUT2D eigenvalue weighted by Gasteiger charge is -2.38. The van der Waals surface area contributed by atoms with Gasteiger partial charge in [0.05, 0.1) is 11.7 Å². The van der Waals surface area contributed by atoms with Gasteiger partial charge in [-0.05, 0) is 31.2 Å². The number of amides is 1. The van der Waals surface area contributed by atoms with Gasteiger partial charge >= 0.3 is 0 Å². The molecule has 1 aliphatic heterocycles. The predicted molar refractivity (Wildman–Crippen MR) is 94.7 cm³/mol. The summed E-state index contributed by atoms with van der Waals surface area (Å²) in [5.74, 6) is -0.583. The van der Waals surface area contributed by atoms with Gasteiger partial charge in [0.15, 0.2) is 0 Å². The number of carbonyl (C=O) groups excluding carboxylic acids is 1. The molecule has 1 heterocycles. The molecule has 5 heteroatoms. The lowest BCUT2D eigenvalue weighted by Crippen LogP contribution is -2.52. The quantitative estimate of drug-likeness (QED) is 0.938. The second-order valence-electron chi connectivity index (χ2n) is 6.00. The van der Waals surface area contributed by atoms with Crippen LogP contribution in [0.4, 0.5) is 15.8 Å². The van der Waals surface area contributed by atoms with Crippen LogP contribution in [0.2, 0.25) is 0 Å². The van der Waals surface area contributed by atoms with Crippen molar-refractivity contribution in [3.8, 4) is 0 Å². The molecule has 0 saturated carbocycles. The molecule has 0 unspecified atom stereocenters. The Balaban J connectivity index is 1.56. The van der Waals surface area contributed by atoms with E-state index in [1.165, 1.54) is 11.8 Å². The highest BCUT2D eigenvalue weighted by Crippen LogP contribution is 2.18. The number of piperazine rings is 1. The molecule has 3 rings (SSSR count). The molecular formula is C19H22FN3O. The van der Waals surface area contributed by atoms with Crippen molar-refractivity contribution in [3.05, 3.63) is 60.4 Å². The summed E-state index contributed by atoms with van der Waals surface area (Å²) in [7, 11) is 0. The van der Waals surface area contributed by atoms with E-state index in [2.05, 4.69) is 27.2 Å². The molecular weight excluding hydrogens is 305 g/mol. The molecule has 1 fully saturated rings. The summed E-state index contributed by atoms with van der Waals surface area (Å²) in [6, 6.07) is 16.2. The summed E-state index contributed by atoms with van der Waals surface area (Å²) in [6.45, 7) is 5.23. The van der Waals surface area contributed by atoms with E-state index in [-0.39, 0.29) is 17.6 Å². The Hall–Kier alpha value is -2.40. The molecule has 1 atom stereocenters. The van der Waals surface area contributed by atoms with Gasteiger partial charge in [-0.15, -0.1) is 0 Å². The minimum absolute atomic E-state index is 0.173. The number of hydrogen-bond acceptors (Lipinski definition) is 3. The molecule has 126 valence electrons. The number of rotatable bonds is 4. The zero-order chi connectivity index (χ0) is 16.9. The van der Waals surface area contributed by atoms with Crippen LogP contribution in [0, 0.1) is 5.82 Å². The van der Waals surface area contributed by atoms with Crippen LogP contribution in [0.15, 0.2) is 54.6 Å². The Morgan fingerprint density at radius 3 is 2.29 bits per heavy atom. The van der Waals surface area contributed by atoms with Crippen molar-refractivity contribution in [2.24, 2.45) is 0 Å². The highest BCUT2D eigenvalue weighted by Gasteiger charge is 2.26. The normalized spacial score (nSPS) is 16.7. The third-order valence-corrected chi connectivity index (χ3v) is 4.49. The molecule has 0 aromatic heterocycles. The van der Waals surface area contributed by atoms with E-state index in [4.69, 9.17) is 0 Å². The van der Waals surface area contributed by atoms with Crippen molar-refractivity contribution in [3.63, 3.8) is 0 Å². The number of hydrogen-bond donors (Lipinski definition) is 1. The fourth-order valence-corrected chi connectivity index (χ4v) is 2.97. The molecule has 0 bridgehead atoms. The Labute approximate surface area is 141 Å². The molecule has 1 N–H and O–H groups in total. The zero-order valence-electron chi connectivity index (χ0n) is 13.8. The summed E-state index contributed by atoms with van der Waals surface area (Å²) < 4.78 is 13.7. The van der Waals surface area contributed by atoms with Crippen molar-refractivity contribution in [2.75, 3.05) is 36.4 Å². The molecule has 1 saturated heterocycles. The van der Waals surface area contributed by atoms with E-state index in [1.807, 2.05) is 25.1 Å². The van der Waals surface area contributed by atoms with Gasteiger partial charge in [-0.1, -0.05) is 30.3 Å². The minimum Gasteiger partial charge on any atom is -0.369 e. The highest BCUT2D eigenvalue weighted by molar-refractivity contribution is 5.94. The Bertz CT molecular complexity index is 684. The van der Waals surface area contributed by atoms with Gasteiger partial charge in [0.2, 0.25) is 5.91 Å². The van der Waals surface area contributed by atoms with Crippen LogP contribution in [0.1, 0.15) is 6.92 Å². The third kappa shape index (κ3) is 3.74. The van der Waals surface area contributed by atoms with Crippen LogP contribution in [0.25, 0.3) is 0 Å². The maximum absolute atomic E-state index is 13.7. The number of halogens is 1. The average Bonchev–Trinajstić information content (AvgIpc) is 2.64. The molecule has 4 nitrogen and oxygen atoms in total. The molecule has 2 aromatic rings. The van der Waals surface area contributed by atoms with Gasteiger partial charge in [-0.2, -0.15) is 0 Å². The molecule has 2 aromatic carbocycles. The average molecular weight is 327 g/mol. The lowest BCUT2D eigenvalue weighted by atomic mass is 10.2. The van der Waals surface area contributed by atoms with Gasteiger partial charge < -0.3 is 10.2 Å². The minimum atomic E-state index is -0.410. The van der Waals surface area contributed by atoms with Crippen LogP contribution in [-0.4, -0.2) is 43.0 Å². The van der Waals surface area contributed by atoms with Crippen LogP contribution in [0.5, 0.6) is 0 Å². The summed E-state index contributed by atoms with van der Waals surface area (Å²) in [6.07, 6.45) is 0. The van der Waals surface area contributed by atoms with Gasteiger partial charge in [0, 0.05) is 31.9 Å². The first-order valence-corrected chi connectivity index (χ1v) is 8.24. The second kappa shape index (κ2) is 7.45. The van der Waals surface area contributed by atoms with Crippen LogP contribution < -0.4 is 10.2 Å². The van der Waals surface area contributed by atoms with E-state index >= 15 is 0 Å². The smallest absolute Gasteiger partial charge is 0.241 e. The first kappa shape index (κ1) is 16.5. The maximum Gasteiger partial charge on any atom is 0.241 e. The number of anilines is 2. The first-order chi connectivity index (χ1) is 11.6. The molecule has 24 heavy (non-hydrogen) atoms. The number of benzene rings is 2. The van der Waals surface area contributed by atoms with Gasteiger partial charge in [0.1, 0.15) is 5.82 Å². The van der Waals surface area contributed by atoms with E-state index in [0.29, 0.717) is 0 Å². The van der Waals surface area contributed by atoms with E-state index in [9.17, 15) is 9.18 Å². The zero-order valence-corrected chi connectivity index (χ0v) is 13.8. The Morgan fingerprint density at radius 2 is 1.62 bits per heavy atom. The number of carbonyl (C=O) groups is 1. The van der Waals surface area contributed by atoms with Crippen molar-refractivity contribution in [2.45, 2.75) is 13.0 Å². The van der Waals surface area contributed by atoms with Gasteiger partial charge in [-0.25, -0.2) is 4.39 Å². The number of para-hydroxylation sites is 2. The van der Waals surface area contributed by atoms with Crippen molar-refractivity contribution < 1.29 is 9.18 Å². The van der Waals surface area contributed by atoms with Gasteiger partial charge in [0.25, 0.3) is 0 Å². The van der Waals surface area contributed by atoms with Crippen LogP contribution in [-0.2, 0) is 4.79 Å². The van der Waals surface area contributed by atoms with E-state index in [1.54, 1.807) is 18.2 Å². The Kier molecular flexibility index (Phi) is 5.11. The number of nitrogens with one attached hydrogen (secondary N) is 1. The molecule has 0 spiro atoms. The largest absolute Gasteiger partial charge is 0.369 e. The molecule has 0 radical (unpaired) electrons. The SMILES string of the molecule is C[C@H](C(=O)Nc1ccccc1F)N1CCN(c2ccccc2)CC1. The topological polar surface area (TPSA) is 35.6 Å². The van der Waals surface area contributed by atoms with Gasteiger partial charge in [-0.3, -0.25) is 9.69 Å². The van der Waals surface area contributed by atoms with Crippen LogP contribution >= 0.6 is 0 Å². The summed E-state index contributed by atoms with van der Waals surface area (Å²) in [5, 5.41) is 2.68. The summed E-state index contributed by atoms with van der Waals surface area (Å²) >= 11 is 0. The van der Waals surface area contributed by atoms with Crippen molar-refractivity contribution in [1.29, 1.82) is 0 Å². The Morgan fingerprint density at radius 1 is 1.00 bits per heavy atom. The molecule has 0 aliphatic carbocycles. The first-order valence-electron chi connectivity index (χ1n) is 8.24. The van der Waals surface area contributed by atoms with Crippen molar-refractivity contribution >= 4 is 17.3 Å². The number of nitrogens with zero attached hydrogens (tertiary/aromatic N) is 2. The van der Waals surface area contributed by atoms with Crippen molar-refractivity contribution in [1.82, 2.24) is 4.90 Å². The fraction of sp³-hybridized carbons (Fsp3) is 0.316. The monoisotopic (exact) mass is 327 g/mol. The predicted octanol–water partition coefficient (Wildman–Crippen LogP) is 2.97. The molecule has 1 amide bonds. The van der Waals surface area contributed by atoms with E-state index < -0.39 is 5.82 Å². The fourth-order valence-electron chi connectivity index (χ4n) is 2.97. The maximum atomic E-state index is 13.7. The summed E-state index contributed by atoms with van der Waals surface area (Å²) in [4.78, 5) is 16.8. The second-order valence-corrected chi connectivity index (χ2v) is 6.00. The van der Waals surface area contributed by atoms with E-state index in [0.717, 1.165) is 26.2 Å². The highest BCUT2D eigenvalue weighted by atomic mass is 19.1. The standard InChI is InChI=1S/C19H22FN3O/c1-15(19(24)21-18-10-6-5-9-17(18)20)22-11-13-23(14-12-22)16-7-3-2-4-8-16/h2-10,15H,11-14H2,1H3,(H,21,24)/t15-/m1/s1. The molecule has 1 aliphatic rings. The third-order valence-electron chi connectivity index (χ3n) is 4.49.